The standard InChI is InChI=1S/C21H32N6S.HI/c1-21(2,18-6-5-13-28-18)16-25-20(22-3)24-15-17-7-8-19(23-14-17)27-11-9-26(4)10-12-27;/h5-8,13-14H,9-12,15-16H2,1-4H3,(H2,22,24,25);1H. The number of anilines is 1. The highest BCUT2D eigenvalue weighted by Gasteiger charge is 2.22. The maximum absolute atomic E-state index is 4.66. The van der Waals surface area contributed by atoms with Crippen molar-refractivity contribution < 1.29 is 0 Å². The number of likely N-dealkylation sites (N-methyl/N-ethyl adjacent to an activating group) is 1. The van der Waals surface area contributed by atoms with Crippen LogP contribution in [0.15, 0.2) is 40.8 Å². The number of pyridine rings is 1. The van der Waals surface area contributed by atoms with Crippen molar-refractivity contribution in [2.45, 2.75) is 25.8 Å². The second kappa shape index (κ2) is 11.1. The van der Waals surface area contributed by atoms with E-state index in [0.29, 0.717) is 6.54 Å². The Hall–Kier alpha value is -1.39. The third kappa shape index (κ3) is 6.82. The number of thiophene rings is 1. The Bertz CT molecular complexity index is 752. The molecule has 0 unspecified atom stereocenters. The largest absolute Gasteiger partial charge is 0.356 e. The summed E-state index contributed by atoms with van der Waals surface area (Å²) in [6, 6.07) is 8.57. The summed E-state index contributed by atoms with van der Waals surface area (Å²) in [7, 11) is 3.98. The number of piperazine rings is 1. The molecule has 0 spiro atoms. The van der Waals surface area contributed by atoms with Crippen molar-refractivity contribution in [3.05, 3.63) is 46.3 Å². The van der Waals surface area contributed by atoms with Crippen LogP contribution in [0.25, 0.3) is 0 Å². The van der Waals surface area contributed by atoms with Gasteiger partial charge in [0.05, 0.1) is 0 Å². The van der Waals surface area contributed by atoms with E-state index in [1.807, 2.05) is 13.2 Å². The number of rotatable bonds is 6. The lowest BCUT2D eigenvalue weighted by molar-refractivity contribution is 0.312. The first kappa shape index (κ1) is 23.9. The molecule has 0 bridgehead atoms. The van der Waals surface area contributed by atoms with Crippen LogP contribution < -0.4 is 15.5 Å². The van der Waals surface area contributed by atoms with Crippen LogP contribution in [-0.4, -0.2) is 62.7 Å². The van der Waals surface area contributed by atoms with E-state index in [-0.39, 0.29) is 29.4 Å². The average molecular weight is 529 g/mol. The number of nitrogens with zero attached hydrogens (tertiary/aromatic N) is 4. The van der Waals surface area contributed by atoms with Crippen LogP contribution in [0.1, 0.15) is 24.3 Å². The number of guanidine groups is 1. The fraction of sp³-hybridized carbons (Fsp3) is 0.524. The first-order valence-electron chi connectivity index (χ1n) is 9.85. The summed E-state index contributed by atoms with van der Waals surface area (Å²) in [5, 5.41) is 8.97. The molecule has 1 saturated heterocycles. The minimum Gasteiger partial charge on any atom is -0.356 e. The van der Waals surface area contributed by atoms with Gasteiger partial charge >= 0.3 is 0 Å². The molecule has 3 rings (SSSR count). The normalized spacial score (nSPS) is 15.7. The van der Waals surface area contributed by atoms with E-state index in [9.17, 15) is 0 Å². The van der Waals surface area contributed by atoms with Crippen LogP contribution >= 0.6 is 35.3 Å². The Morgan fingerprint density at radius 2 is 1.93 bits per heavy atom. The number of hydrogen-bond acceptors (Lipinski definition) is 5. The lowest BCUT2D eigenvalue weighted by atomic mass is 9.91. The Labute approximate surface area is 195 Å². The third-order valence-corrected chi connectivity index (χ3v) is 6.44. The van der Waals surface area contributed by atoms with Gasteiger partial charge in [-0.3, -0.25) is 4.99 Å². The zero-order valence-corrected chi connectivity index (χ0v) is 21.0. The van der Waals surface area contributed by atoms with Gasteiger partial charge in [0.15, 0.2) is 5.96 Å². The highest BCUT2D eigenvalue weighted by molar-refractivity contribution is 14.0. The van der Waals surface area contributed by atoms with Crippen LogP contribution in [0.2, 0.25) is 0 Å². The van der Waals surface area contributed by atoms with Crippen molar-refractivity contribution in [2.75, 3.05) is 51.7 Å². The first-order chi connectivity index (χ1) is 13.5. The van der Waals surface area contributed by atoms with Crippen molar-refractivity contribution >= 4 is 47.1 Å². The smallest absolute Gasteiger partial charge is 0.191 e. The van der Waals surface area contributed by atoms with Crippen LogP contribution in [0.4, 0.5) is 5.82 Å². The maximum Gasteiger partial charge on any atom is 0.191 e. The second-order valence-electron chi connectivity index (χ2n) is 7.96. The Morgan fingerprint density at radius 3 is 2.52 bits per heavy atom. The number of aromatic nitrogens is 1. The SMILES string of the molecule is CN=C(NCc1ccc(N2CCN(C)CC2)nc1)NCC(C)(C)c1cccs1.I. The number of nitrogens with one attached hydrogen (secondary N) is 2. The summed E-state index contributed by atoms with van der Waals surface area (Å²) < 4.78 is 0. The molecule has 2 aromatic heterocycles. The minimum absolute atomic E-state index is 0. The predicted molar refractivity (Wildman–Crippen MR) is 135 cm³/mol. The van der Waals surface area contributed by atoms with E-state index in [1.165, 1.54) is 4.88 Å². The lowest BCUT2D eigenvalue weighted by Crippen LogP contribution is -2.44. The topological polar surface area (TPSA) is 55.8 Å². The van der Waals surface area contributed by atoms with Gasteiger partial charge in [-0.05, 0) is 30.1 Å². The van der Waals surface area contributed by atoms with Crippen molar-refractivity contribution in [3.8, 4) is 0 Å². The van der Waals surface area contributed by atoms with Gasteiger partial charge in [-0.15, -0.1) is 35.3 Å². The molecule has 0 radical (unpaired) electrons. The fourth-order valence-corrected chi connectivity index (χ4v) is 4.06. The lowest BCUT2D eigenvalue weighted by Gasteiger charge is -2.33. The number of halogens is 1. The van der Waals surface area contributed by atoms with Gasteiger partial charge in [0, 0.05) is 62.8 Å². The third-order valence-electron chi connectivity index (χ3n) is 5.21. The molecule has 1 aliphatic rings. The molecule has 0 aliphatic carbocycles. The molecule has 2 aromatic rings. The van der Waals surface area contributed by atoms with Gasteiger partial charge in [0.1, 0.15) is 5.82 Å². The summed E-state index contributed by atoms with van der Waals surface area (Å²) in [5.41, 5.74) is 1.22. The van der Waals surface area contributed by atoms with Crippen molar-refractivity contribution in [1.29, 1.82) is 0 Å². The molecule has 2 N–H and O–H groups in total. The van der Waals surface area contributed by atoms with Gasteiger partial charge < -0.3 is 20.4 Å². The van der Waals surface area contributed by atoms with Crippen molar-refractivity contribution in [1.82, 2.24) is 20.5 Å². The van der Waals surface area contributed by atoms with Crippen LogP contribution in [0.5, 0.6) is 0 Å². The van der Waals surface area contributed by atoms with Gasteiger partial charge in [0.2, 0.25) is 0 Å². The summed E-state index contributed by atoms with van der Waals surface area (Å²) in [4.78, 5) is 15.1. The van der Waals surface area contributed by atoms with E-state index >= 15 is 0 Å². The van der Waals surface area contributed by atoms with E-state index < -0.39 is 0 Å². The van der Waals surface area contributed by atoms with Gasteiger partial charge in [-0.25, -0.2) is 4.98 Å². The highest BCUT2D eigenvalue weighted by atomic mass is 127. The predicted octanol–water partition coefficient (Wildman–Crippen LogP) is 3.16. The van der Waals surface area contributed by atoms with Crippen LogP contribution in [0, 0.1) is 0 Å². The van der Waals surface area contributed by atoms with Crippen molar-refractivity contribution in [3.63, 3.8) is 0 Å². The number of aliphatic imine (C=N–C) groups is 1. The van der Waals surface area contributed by atoms with E-state index in [0.717, 1.165) is 50.1 Å². The van der Waals surface area contributed by atoms with Crippen LogP contribution in [-0.2, 0) is 12.0 Å². The molecule has 160 valence electrons. The minimum atomic E-state index is 0. The molecule has 29 heavy (non-hydrogen) atoms. The molecule has 0 atom stereocenters. The molecule has 0 amide bonds. The van der Waals surface area contributed by atoms with Gasteiger partial charge in [-0.1, -0.05) is 26.0 Å². The number of hydrogen-bond donors (Lipinski definition) is 2. The molecular formula is C21H33IN6S. The summed E-state index contributed by atoms with van der Waals surface area (Å²) in [5.74, 6) is 1.88. The molecule has 0 aromatic carbocycles. The Balaban J connectivity index is 0.00000300. The second-order valence-corrected chi connectivity index (χ2v) is 8.90. The summed E-state index contributed by atoms with van der Waals surface area (Å²) >= 11 is 1.80. The monoisotopic (exact) mass is 528 g/mol. The molecule has 6 nitrogen and oxygen atoms in total. The molecule has 3 heterocycles. The Kier molecular flexibility index (Phi) is 9.16. The fourth-order valence-electron chi connectivity index (χ4n) is 3.21. The zero-order chi connectivity index (χ0) is 20.0. The zero-order valence-electron chi connectivity index (χ0n) is 17.8. The molecule has 1 fully saturated rings. The highest BCUT2D eigenvalue weighted by Crippen LogP contribution is 2.26. The van der Waals surface area contributed by atoms with Gasteiger partial charge in [0.25, 0.3) is 0 Å². The average Bonchev–Trinajstić information content (AvgIpc) is 3.25. The molecular weight excluding hydrogens is 495 g/mol. The quantitative estimate of drug-likeness (QED) is 0.343. The van der Waals surface area contributed by atoms with Crippen molar-refractivity contribution in [2.24, 2.45) is 4.99 Å². The summed E-state index contributed by atoms with van der Waals surface area (Å²) in [6.07, 6.45) is 1.96. The van der Waals surface area contributed by atoms with E-state index in [4.69, 9.17) is 0 Å². The maximum atomic E-state index is 4.66. The van der Waals surface area contributed by atoms with Gasteiger partial charge in [-0.2, -0.15) is 0 Å². The Morgan fingerprint density at radius 1 is 1.17 bits per heavy atom. The molecule has 1 aliphatic heterocycles. The molecule has 0 saturated carbocycles. The molecule has 8 heteroatoms. The van der Waals surface area contributed by atoms with Crippen LogP contribution in [0.3, 0.4) is 0 Å². The van der Waals surface area contributed by atoms with E-state index in [2.05, 4.69) is 81.0 Å². The summed E-state index contributed by atoms with van der Waals surface area (Å²) in [6.45, 7) is 10.3. The first-order valence-corrected chi connectivity index (χ1v) is 10.7. The van der Waals surface area contributed by atoms with E-state index in [1.54, 1.807) is 11.3 Å².